The number of halogens is 1. The summed E-state index contributed by atoms with van der Waals surface area (Å²) in [5, 5.41) is 1.14. The van der Waals surface area contributed by atoms with Gasteiger partial charge in [0.05, 0.1) is 12.1 Å². The second-order valence-electron chi connectivity index (χ2n) is 5.95. The molecule has 1 saturated heterocycles. The van der Waals surface area contributed by atoms with Gasteiger partial charge >= 0.3 is 0 Å². The van der Waals surface area contributed by atoms with Gasteiger partial charge in [-0.2, -0.15) is 0 Å². The highest BCUT2D eigenvalue weighted by Gasteiger charge is 2.27. The minimum absolute atomic E-state index is 0. The van der Waals surface area contributed by atoms with Gasteiger partial charge in [-0.15, -0.1) is 12.4 Å². The number of nitrogens with one attached hydrogen (secondary N) is 1. The molecule has 0 aliphatic carbocycles. The largest absolute Gasteiger partial charge is 0.380 e. The minimum Gasteiger partial charge on any atom is -0.380 e. The Bertz CT molecular complexity index is 658. The number of hydrogen-bond donors (Lipinski definition) is 2. The van der Waals surface area contributed by atoms with Crippen molar-refractivity contribution < 1.29 is 9.53 Å². The molecule has 3 N–H and O–H groups in total. The number of H-pyrrole nitrogens is 1. The molecule has 0 radical (unpaired) electrons. The number of carbonyl (C=O) groups is 1. The van der Waals surface area contributed by atoms with E-state index >= 15 is 0 Å². The number of nitrogens with zero attached hydrogens (tertiary/aromatic N) is 1. The van der Waals surface area contributed by atoms with Crippen molar-refractivity contribution >= 4 is 29.2 Å². The zero-order valence-corrected chi connectivity index (χ0v) is 14.1. The predicted octanol–water partition coefficient (Wildman–Crippen LogP) is 2.10. The van der Waals surface area contributed by atoms with Gasteiger partial charge in [0, 0.05) is 37.3 Å². The van der Waals surface area contributed by atoms with Crippen LogP contribution in [-0.4, -0.2) is 48.1 Å². The Morgan fingerprint density at radius 1 is 1.48 bits per heavy atom. The number of methoxy groups -OCH3 is 1. The van der Waals surface area contributed by atoms with Gasteiger partial charge in [-0.1, -0.05) is 18.2 Å². The minimum atomic E-state index is -0.505. The normalized spacial score (nSPS) is 19.4. The second kappa shape index (κ2) is 7.81. The van der Waals surface area contributed by atoms with E-state index in [1.807, 2.05) is 29.3 Å². The van der Waals surface area contributed by atoms with Crippen molar-refractivity contribution in [3.05, 3.63) is 36.0 Å². The number of para-hydroxylation sites is 1. The number of ether oxygens (including phenoxy) is 1. The average molecular weight is 338 g/mol. The van der Waals surface area contributed by atoms with Crippen LogP contribution in [0.1, 0.15) is 18.4 Å². The van der Waals surface area contributed by atoms with Gasteiger partial charge < -0.3 is 20.4 Å². The van der Waals surface area contributed by atoms with Crippen LogP contribution >= 0.6 is 12.4 Å². The predicted molar refractivity (Wildman–Crippen MR) is 93.8 cm³/mol. The first kappa shape index (κ1) is 17.8. The molecule has 2 atom stereocenters. The molecule has 23 heavy (non-hydrogen) atoms. The molecule has 1 fully saturated rings. The summed E-state index contributed by atoms with van der Waals surface area (Å²) in [7, 11) is 1.70. The Labute approximate surface area is 142 Å². The molecule has 0 saturated carbocycles. The van der Waals surface area contributed by atoms with E-state index in [1.165, 1.54) is 0 Å². The fourth-order valence-corrected chi connectivity index (χ4v) is 3.19. The first-order chi connectivity index (χ1) is 10.7. The molecule has 1 aliphatic heterocycles. The first-order valence-corrected chi connectivity index (χ1v) is 7.81. The molecule has 2 aromatic rings. The lowest BCUT2D eigenvalue weighted by molar-refractivity contribution is -0.136. The number of benzene rings is 1. The number of hydrogen-bond acceptors (Lipinski definition) is 3. The van der Waals surface area contributed by atoms with E-state index in [9.17, 15) is 4.79 Å². The lowest BCUT2D eigenvalue weighted by Gasteiger charge is -2.33. The lowest BCUT2D eigenvalue weighted by Crippen LogP contribution is -2.50. The number of aromatic amines is 1. The molecule has 3 rings (SSSR count). The molecule has 1 aliphatic rings. The summed E-state index contributed by atoms with van der Waals surface area (Å²) in [6.45, 7) is 1.43. The highest BCUT2D eigenvalue weighted by Crippen LogP contribution is 2.20. The van der Waals surface area contributed by atoms with Crippen LogP contribution in [0.25, 0.3) is 10.9 Å². The van der Waals surface area contributed by atoms with Gasteiger partial charge in [0.15, 0.2) is 0 Å². The van der Waals surface area contributed by atoms with Crippen LogP contribution in [-0.2, 0) is 16.0 Å². The maximum Gasteiger partial charge on any atom is 0.239 e. The van der Waals surface area contributed by atoms with Crippen molar-refractivity contribution in [3.8, 4) is 0 Å². The van der Waals surface area contributed by atoms with Gasteiger partial charge in [-0.3, -0.25) is 4.79 Å². The number of aromatic nitrogens is 1. The Balaban J connectivity index is 0.00000192. The van der Waals surface area contributed by atoms with Gasteiger partial charge in [0.2, 0.25) is 5.91 Å². The fourth-order valence-electron chi connectivity index (χ4n) is 3.19. The molecule has 0 spiro atoms. The van der Waals surface area contributed by atoms with Crippen LogP contribution in [0.4, 0.5) is 0 Å². The van der Waals surface area contributed by atoms with Gasteiger partial charge in [-0.05, 0) is 30.9 Å². The highest BCUT2D eigenvalue weighted by atomic mass is 35.5. The van der Waals surface area contributed by atoms with Crippen molar-refractivity contribution in [2.45, 2.75) is 31.4 Å². The number of piperidine rings is 1. The third kappa shape index (κ3) is 3.86. The molecule has 1 unspecified atom stereocenters. The van der Waals surface area contributed by atoms with Gasteiger partial charge in [0.1, 0.15) is 0 Å². The maximum absolute atomic E-state index is 12.6. The third-order valence-electron chi connectivity index (χ3n) is 4.46. The number of fused-ring (bicyclic) bond motifs is 1. The Morgan fingerprint density at radius 2 is 2.26 bits per heavy atom. The fraction of sp³-hybridized carbons (Fsp3) is 0.471. The quantitative estimate of drug-likeness (QED) is 0.897. The molecule has 126 valence electrons. The molecule has 5 nitrogen and oxygen atoms in total. The van der Waals surface area contributed by atoms with Crippen LogP contribution in [0.2, 0.25) is 0 Å². The van der Waals surface area contributed by atoms with E-state index in [0.717, 1.165) is 35.9 Å². The lowest BCUT2D eigenvalue weighted by atomic mass is 10.0. The number of rotatable bonds is 4. The molecule has 2 heterocycles. The summed E-state index contributed by atoms with van der Waals surface area (Å²) in [6.07, 6.45) is 4.63. The summed E-state index contributed by atoms with van der Waals surface area (Å²) >= 11 is 0. The zero-order valence-electron chi connectivity index (χ0n) is 13.3. The molecule has 1 amide bonds. The summed E-state index contributed by atoms with van der Waals surface area (Å²) in [6, 6.07) is 7.57. The van der Waals surface area contributed by atoms with Crippen molar-refractivity contribution in [1.29, 1.82) is 0 Å². The van der Waals surface area contributed by atoms with E-state index in [-0.39, 0.29) is 24.4 Å². The van der Waals surface area contributed by atoms with Crippen molar-refractivity contribution in [1.82, 2.24) is 9.88 Å². The van der Waals surface area contributed by atoms with E-state index in [0.29, 0.717) is 13.0 Å². The number of amides is 1. The van der Waals surface area contributed by atoms with Crippen molar-refractivity contribution in [2.75, 3.05) is 20.2 Å². The Hall–Kier alpha value is -1.56. The maximum atomic E-state index is 12.6. The summed E-state index contributed by atoms with van der Waals surface area (Å²) in [5.41, 5.74) is 8.34. The van der Waals surface area contributed by atoms with Gasteiger partial charge in [-0.25, -0.2) is 0 Å². The standard InChI is InChI=1S/C17H23N3O2.ClH/c1-22-13-5-4-8-20(11-13)17(21)15(18)9-12-10-19-16-7-3-2-6-14(12)16;/h2-3,6-7,10,13,15,19H,4-5,8-9,11,18H2,1H3;1H/t13?,15-;/m0./s1. The van der Waals surface area contributed by atoms with Crippen LogP contribution in [0.5, 0.6) is 0 Å². The zero-order chi connectivity index (χ0) is 15.5. The Kier molecular flexibility index (Phi) is 6.04. The van der Waals surface area contributed by atoms with Crippen LogP contribution < -0.4 is 5.73 Å². The Morgan fingerprint density at radius 3 is 3.04 bits per heavy atom. The summed E-state index contributed by atoms with van der Waals surface area (Å²) < 4.78 is 5.38. The smallest absolute Gasteiger partial charge is 0.239 e. The molecule has 1 aromatic heterocycles. The molecule has 0 bridgehead atoms. The van der Waals surface area contributed by atoms with E-state index in [4.69, 9.17) is 10.5 Å². The third-order valence-corrected chi connectivity index (χ3v) is 4.46. The molecular weight excluding hydrogens is 314 g/mol. The monoisotopic (exact) mass is 337 g/mol. The SMILES string of the molecule is COC1CCCN(C(=O)[C@@H](N)Cc2c[nH]c3ccccc23)C1.Cl. The second-order valence-corrected chi connectivity index (χ2v) is 5.95. The van der Waals surface area contributed by atoms with Crippen LogP contribution in [0.15, 0.2) is 30.5 Å². The molecular formula is C17H24ClN3O2. The van der Waals surface area contributed by atoms with Crippen molar-refractivity contribution in [3.63, 3.8) is 0 Å². The number of carbonyl (C=O) groups excluding carboxylic acids is 1. The van der Waals surface area contributed by atoms with Gasteiger partial charge in [0.25, 0.3) is 0 Å². The summed E-state index contributed by atoms with van der Waals surface area (Å²) in [4.78, 5) is 17.6. The van der Waals surface area contributed by atoms with Crippen LogP contribution in [0.3, 0.4) is 0 Å². The number of likely N-dealkylation sites (tertiary alicyclic amines) is 1. The number of nitrogens with two attached hydrogens (primary N) is 1. The van der Waals surface area contributed by atoms with E-state index in [2.05, 4.69) is 11.1 Å². The topological polar surface area (TPSA) is 71.3 Å². The van der Waals surface area contributed by atoms with E-state index < -0.39 is 6.04 Å². The molecule has 6 heteroatoms. The highest BCUT2D eigenvalue weighted by molar-refractivity contribution is 5.86. The molecule has 1 aromatic carbocycles. The van der Waals surface area contributed by atoms with E-state index in [1.54, 1.807) is 7.11 Å². The average Bonchev–Trinajstić information content (AvgIpc) is 2.97. The summed E-state index contributed by atoms with van der Waals surface area (Å²) in [5.74, 6) is 0.0204. The first-order valence-electron chi connectivity index (χ1n) is 7.81. The van der Waals surface area contributed by atoms with Crippen molar-refractivity contribution in [2.24, 2.45) is 5.73 Å². The van der Waals surface area contributed by atoms with Crippen LogP contribution in [0, 0.1) is 0 Å².